The fraction of sp³-hybridized carbons (Fsp3) is 0.0625. The van der Waals surface area contributed by atoms with Crippen LogP contribution in [0.5, 0.6) is 0 Å². The first kappa shape index (κ1) is 12.1. The van der Waals surface area contributed by atoms with E-state index in [1.165, 1.54) is 6.92 Å². The van der Waals surface area contributed by atoms with Gasteiger partial charge in [0, 0.05) is 43.7 Å². The maximum atomic E-state index is 10.8. The van der Waals surface area contributed by atoms with Crippen molar-refractivity contribution in [1.82, 2.24) is 0 Å². The Morgan fingerprint density at radius 2 is 1.89 bits per heavy atom. The highest BCUT2D eigenvalue weighted by atomic mass is 16.1. The van der Waals surface area contributed by atoms with Gasteiger partial charge in [0.1, 0.15) is 0 Å². The second-order valence-corrected chi connectivity index (χ2v) is 3.97. The molecule has 0 heterocycles. The lowest BCUT2D eigenvalue weighted by molar-refractivity contribution is -0.115. The van der Waals surface area contributed by atoms with Crippen molar-refractivity contribution in [2.75, 3.05) is 0 Å². The molecule has 2 aliphatic carbocycles. The first-order valence-corrected chi connectivity index (χ1v) is 5.79. The van der Waals surface area contributed by atoms with Gasteiger partial charge >= 0.3 is 0 Å². The first-order valence-electron chi connectivity index (χ1n) is 5.79. The standard InChI is InChI=1S/C16H14NO/c1-13(18)17-16-11-9-15(10-12-16)8-7-14-5-3-2-4-6-14/h2-12H,1H3/q+1. The molecule has 0 atom stereocenters. The molecule has 0 bridgehead atoms. The summed E-state index contributed by atoms with van der Waals surface area (Å²) < 4.78 is 0. The minimum Gasteiger partial charge on any atom is -0.273 e. The molecule has 0 saturated carbocycles. The van der Waals surface area contributed by atoms with Crippen LogP contribution in [-0.4, -0.2) is 11.6 Å². The lowest BCUT2D eigenvalue weighted by atomic mass is 10.0. The summed E-state index contributed by atoms with van der Waals surface area (Å²) >= 11 is 0. The number of allylic oxidation sites excluding steroid dienone is 12. The van der Waals surface area contributed by atoms with Crippen LogP contribution in [0.4, 0.5) is 0 Å². The molecule has 0 saturated heterocycles. The summed E-state index contributed by atoms with van der Waals surface area (Å²) in [5.41, 5.74) is 2.94. The van der Waals surface area contributed by atoms with Gasteiger partial charge in [0.15, 0.2) is 0 Å². The Hall–Kier alpha value is -2.35. The third-order valence-electron chi connectivity index (χ3n) is 2.45. The molecular weight excluding hydrogens is 222 g/mol. The van der Waals surface area contributed by atoms with Crippen molar-refractivity contribution >= 4 is 11.6 Å². The highest BCUT2D eigenvalue weighted by molar-refractivity contribution is 6.10. The normalized spacial score (nSPS) is 19.1. The topological polar surface area (TPSA) is 29.4 Å². The largest absolute Gasteiger partial charge is 0.273 e. The zero-order valence-electron chi connectivity index (χ0n) is 10.2. The predicted octanol–water partition coefficient (Wildman–Crippen LogP) is 3.28. The van der Waals surface area contributed by atoms with Crippen molar-refractivity contribution in [2.45, 2.75) is 6.92 Å². The van der Waals surface area contributed by atoms with Crippen LogP contribution in [0, 0.1) is 6.42 Å². The van der Waals surface area contributed by atoms with E-state index < -0.39 is 0 Å². The molecule has 0 unspecified atom stereocenters. The summed E-state index contributed by atoms with van der Waals surface area (Å²) in [6.45, 7) is 1.45. The fourth-order valence-corrected chi connectivity index (χ4v) is 1.60. The predicted molar refractivity (Wildman–Crippen MR) is 75.1 cm³/mol. The third kappa shape index (κ3) is 3.59. The van der Waals surface area contributed by atoms with E-state index in [0.29, 0.717) is 5.71 Å². The van der Waals surface area contributed by atoms with Gasteiger partial charge in [-0.25, -0.2) is 4.99 Å². The molecule has 2 rings (SSSR count). The molecule has 0 aromatic carbocycles. The Morgan fingerprint density at radius 1 is 1.11 bits per heavy atom. The minimum atomic E-state index is -0.178. The van der Waals surface area contributed by atoms with Crippen LogP contribution in [0.15, 0.2) is 76.9 Å². The fourth-order valence-electron chi connectivity index (χ4n) is 1.60. The molecule has 2 heteroatoms. The highest BCUT2D eigenvalue weighted by Gasteiger charge is 2.02. The maximum absolute atomic E-state index is 10.8. The van der Waals surface area contributed by atoms with Crippen molar-refractivity contribution in [1.29, 1.82) is 0 Å². The lowest BCUT2D eigenvalue weighted by Gasteiger charge is -2.00. The number of nitrogens with zero attached hydrogens (tertiary/aromatic N) is 1. The SMILES string of the molecule is CC(=O)N=C1C=CC(=CC=C2C=CC=C[CH+]2)C=C1. The van der Waals surface area contributed by atoms with Crippen molar-refractivity contribution in [3.63, 3.8) is 0 Å². The second-order valence-electron chi connectivity index (χ2n) is 3.97. The lowest BCUT2D eigenvalue weighted by Crippen LogP contribution is -1.97. The summed E-state index contributed by atoms with van der Waals surface area (Å²) in [6.07, 6.45) is 21.8. The van der Waals surface area contributed by atoms with Crippen molar-refractivity contribution in [3.05, 3.63) is 78.3 Å². The number of carbonyl (C=O) groups excluding carboxylic acids is 1. The Kier molecular flexibility index (Phi) is 3.92. The van der Waals surface area contributed by atoms with Gasteiger partial charge in [-0.3, -0.25) is 4.79 Å². The van der Waals surface area contributed by atoms with E-state index in [1.807, 2.05) is 48.6 Å². The van der Waals surface area contributed by atoms with E-state index >= 15 is 0 Å². The summed E-state index contributed by atoms with van der Waals surface area (Å²) in [7, 11) is 0. The molecule has 0 aromatic rings. The van der Waals surface area contributed by atoms with E-state index in [4.69, 9.17) is 0 Å². The molecule has 0 spiro atoms. The molecule has 0 aromatic heterocycles. The van der Waals surface area contributed by atoms with E-state index in [1.54, 1.807) is 0 Å². The van der Waals surface area contributed by atoms with Gasteiger partial charge in [-0.2, -0.15) is 0 Å². The Labute approximate surface area is 107 Å². The summed E-state index contributed by atoms with van der Waals surface area (Å²) in [6, 6.07) is 0. The van der Waals surface area contributed by atoms with E-state index in [2.05, 4.69) is 23.6 Å². The number of aliphatic imine (C=N–C) groups is 1. The number of amides is 1. The number of hydrogen-bond acceptors (Lipinski definition) is 1. The van der Waals surface area contributed by atoms with Crippen LogP contribution in [0.1, 0.15) is 6.92 Å². The van der Waals surface area contributed by atoms with E-state index in [-0.39, 0.29) is 5.91 Å². The monoisotopic (exact) mass is 236 g/mol. The zero-order valence-corrected chi connectivity index (χ0v) is 10.2. The Morgan fingerprint density at radius 3 is 2.50 bits per heavy atom. The van der Waals surface area contributed by atoms with Crippen LogP contribution in [0.2, 0.25) is 0 Å². The molecule has 2 aliphatic rings. The molecular formula is C16H14NO+. The van der Waals surface area contributed by atoms with Gasteiger partial charge in [-0.05, 0) is 23.8 Å². The molecule has 0 fully saturated rings. The highest BCUT2D eigenvalue weighted by Crippen LogP contribution is 2.12. The number of rotatable bonds is 1. The minimum absolute atomic E-state index is 0.178. The molecule has 88 valence electrons. The number of carbonyl (C=O) groups is 1. The zero-order chi connectivity index (χ0) is 12.8. The molecule has 1 amide bonds. The Balaban J connectivity index is 2.05. The van der Waals surface area contributed by atoms with Crippen LogP contribution >= 0.6 is 0 Å². The van der Waals surface area contributed by atoms with Crippen molar-refractivity contribution in [2.24, 2.45) is 4.99 Å². The maximum Gasteiger partial charge on any atom is 0.243 e. The van der Waals surface area contributed by atoms with Crippen molar-refractivity contribution in [3.8, 4) is 0 Å². The van der Waals surface area contributed by atoms with Gasteiger partial charge in [0.05, 0.1) is 11.3 Å². The first-order chi connectivity index (χ1) is 8.74. The van der Waals surface area contributed by atoms with Crippen LogP contribution in [-0.2, 0) is 4.79 Å². The molecule has 18 heavy (non-hydrogen) atoms. The molecule has 2 nitrogen and oxygen atoms in total. The smallest absolute Gasteiger partial charge is 0.243 e. The van der Waals surface area contributed by atoms with Crippen LogP contribution in [0.25, 0.3) is 0 Å². The van der Waals surface area contributed by atoms with Gasteiger partial charge in [0.25, 0.3) is 0 Å². The van der Waals surface area contributed by atoms with Crippen LogP contribution < -0.4 is 0 Å². The molecule has 0 radical (unpaired) electrons. The van der Waals surface area contributed by atoms with E-state index in [9.17, 15) is 4.79 Å². The molecule has 0 aliphatic heterocycles. The van der Waals surface area contributed by atoms with Gasteiger partial charge in [-0.15, -0.1) is 0 Å². The third-order valence-corrected chi connectivity index (χ3v) is 2.45. The number of hydrogen-bond donors (Lipinski definition) is 0. The summed E-state index contributed by atoms with van der Waals surface area (Å²) in [4.78, 5) is 14.7. The van der Waals surface area contributed by atoms with Gasteiger partial charge < -0.3 is 0 Å². The Bertz CT molecular complexity index is 534. The van der Waals surface area contributed by atoms with E-state index in [0.717, 1.165) is 11.1 Å². The quantitative estimate of drug-likeness (QED) is 0.642. The summed E-state index contributed by atoms with van der Waals surface area (Å²) in [5.74, 6) is -0.178. The van der Waals surface area contributed by atoms with Crippen LogP contribution in [0.3, 0.4) is 0 Å². The summed E-state index contributed by atoms with van der Waals surface area (Å²) in [5, 5.41) is 0. The van der Waals surface area contributed by atoms with Crippen molar-refractivity contribution < 1.29 is 4.79 Å². The van der Waals surface area contributed by atoms with Gasteiger partial charge in [-0.1, -0.05) is 12.2 Å². The second kappa shape index (κ2) is 5.82. The average Bonchev–Trinajstić information content (AvgIpc) is 2.38. The van der Waals surface area contributed by atoms with Gasteiger partial charge in [0.2, 0.25) is 5.91 Å². The molecule has 0 N–H and O–H groups in total. The average molecular weight is 236 g/mol.